The number of piperazine rings is 1. The van der Waals surface area contributed by atoms with Gasteiger partial charge in [-0.1, -0.05) is 6.42 Å². The van der Waals surface area contributed by atoms with Crippen molar-refractivity contribution in [3.63, 3.8) is 0 Å². The molecule has 3 N–H and O–H groups in total. The van der Waals surface area contributed by atoms with Gasteiger partial charge in [-0.15, -0.1) is 0 Å². The molecule has 0 aliphatic carbocycles. The highest BCUT2D eigenvalue weighted by molar-refractivity contribution is 5.53. The number of nitrogens with one attached hydrogen (secondary N) is 1. The lowest BCUT2D eigenvalue weighted by Crippen LogP contribution is -2.55. The zero-order chi connectivity index (χ0) is 13.9. The summed E-state index contributed by atoms with van der Waals surface area (Å²) in [5.74, 6) is 2.13. The van der Waals surface area contributed by atoms with Crippen molar-refractivity contribution in [1.82, 2.24) is 14.9 Å². The molecule has 1 atom stereocenters. The van der Waals surface area contributed by atoms with Crippen LogP contribution in [0.5, 0.6) is 0 Å². The lowest BCUT2D eigenvalue weighted by Gasteiger charge is -2.44. The van der Waals surface area contributed by atoms with Crippen molar-refractivity contribution in [2.75, 3.05) is 48.7 Å². The molecule has 110 valence electrons. The van der Waals surface area contributed by atoms with Gasteiger partial charge in [-0.25, -0.2) is 0 Å². The summed E-state index contributed by atoms with van der Waals surface area (Å²) in [6, 6.07) is 2.69. The van der Waals surface area contributed by atoms with Gasteiger partial charge in [0.25, 0.3) is 0 Å². The van der Waals surface area contributed by atoms with Crippen molar-refractivity contribution in [2.45, 2.75) is 32.2 Å². The molecular weight excluding hydrogens is 252 g/mol. The Bertz CT molecular complexity index is 463. The highest BCUT2D eigenvalue weighted by atomic mass is 15.3. The van der Waals surface area contributed by atoms with E-state index in [9.17, 15) is 0 Å². The largest absolute Gasteiger partial charge is 0.370 e. The van der Waals surface area contributed by atoms with E-state index in [1.807, 2.05) is 6.07 Å². The fourth-order valence-corrected chi connectivity index (χ4v) is 3.25. The second-order valence-corrected chi connectivity index (χ2v) is 5.63. The Morgan fingerprint density at radius 3 is 3.05 bits per heavy atom. The van der Waals surface area contributed by atoms with Gasteiger partial charge < -0.3 is 16.0 Å². The van der Waals surface area contributed by atoms with Crippen molar-refractivity contribution in [1.29, 1.82) is 0 Å². The van der Waals surface area contributed by atoms with Crippen LogP contribution in [0.25, 0.3) is 0 Å². The van der Waals surface area contributed by atoms with Crippen LogP contribution in [0.2, 0.25) is 0 Å². The number of hydrogen-bond donors (Lipinski definition) is 2. The Morgan fingerprint density at radius 1 is 1.30 bits per heavy atom. The van der Waals surface area contributed by atoms with Gasteiger partial charge in [-0.3, -0.25) is 4.90 Å². The molecule has 1 aromatic rings. The molecule has 1 unspecified atom stereocenters. The van der Waals surface area contributed by atoms with Crippen LogP contribution < -0.4 is 16.0 Å². The molecule has 0 saturated carbocycles. The first-order chi connectivity index (χ1) is 9.76. The molecule has 3 rings (SSSR count). The first-order valence-corrected chi connectivity index (χ1v) is 7.63. The van der Waals surface area contributed by atoms with E-state index in [-0.39, 0.29) is 0 Å². The van der Waals surface area contributed by atoms with Crippen molar-refractivity contribution in [3.05, 3.63) is 6.07 Å². The number of rotatable bonds is 3. The maximum atomic E-state index is 5.83. The standard InChI is InChI=1S/C14H24N6/c1-2-16-12-9-13(18-14(15)17-12)20-8-7-19-6-4-3-5-11(19)10-20/h9,11H,2-8,10H2,1H3,(H3,15,16,17,18). The molecule has 6 nitrogen and oxygen atoms in total. The molecule has 2 aliphatic rings. The molecular formula is C14H24N6. The Morgan fingerprint density at radius 2 is 2.20 bits per heavy atom. The van der Waals surface area contributed by atoms with Crippen molar-refractivity contribution in [3.8, 4) is 0 Å². The van der Waals surface area contributed by atoms with E-state index >= 15 is 0 Å². The fourth-order valence-electron chi connectivity index (χ4n) is 3.25. The third kappa shape index (κ3) is 2.80. The summed E-state index contributed by atoms with van der Waals surface area (Å²) in [4.78, 5) is 13.6. The predicted molar refractivity (Wildman–Crippen MR) is 82.0 cm³/mol. The maximum absolute atomic E-state index is 5.83. The minimum atomic E-state index is 0.351. The molecule has 6 heteroatoms. The number of piperidine rings is 1. The predicted octanol–water partition coefficient (Wildman–Crippen LogP) is 1.17. The van der Waals surface area contributed by atoms with Crippen LogP contribution in [0, 0.1) is 0 Å². The van der Waals surface area contributed by atoms with E-state index in [1.54, 1.807) is 0 Å². The molecule has 0 bridgehead atoms. The summed E-state index contributed by atoms with van der Waals surface area (Å²) < 4.78 is 0. The van der Waals surface area contributed by atoms with Crippen LogP contribution in [0.1, 0.15) is 26.2 Å². The molecule has 0 radical (unpaired) electrons. The lowest BCUT2D eigenvalue weighted by molar-refractivity contribution is 0.133. The number of aromatic nitrogens is 2. The number of anilines is 3. The molecule has 3 heterocycles. The number of nitrogen functional groups attached to an aromatic ring is 1. The van der Waals surface area contributed by atoms with Crippen LogP contribution in [-0.2, 0) is 0 Å². The molecule has 2 aliphatic heterocycles. The van der Waals surface area contributed by atoms with Crippen molar-refractivity contribution >= 4 is 17.6 Å². The van der Waals surface area contributed by atoms with E-state index in [2.05, 4.69) is 32.0 Å². The first-order valence-electron chi connectivity index (χ1n) is 7.63. The third-order valence-electron chi connectivity index (χ3n) is 4.25. The summed E-state index contributed by atoms with van der Waals surface area (Å²) in [6.07, 6.45) is 4.00. The molecule has 0 aromatic carbocycles. The average molecular weight is 276 g/mol. The summed E-state index contributed by atoms with van der Waals surface area (Å²) in [7, 11) is 0. The summed E-state index contributed by atoms with van der Waals surface area (Å²) in [5, 5.41) is 3.22. The van der Waals surface area contributed by atoms with E-state index in [4.69, 9.17) is 5.73 Å². The quantitative estimate of drug-likeness (QED) is 0.863. The third-order valence-corrected chi connectivity index (χ3v) is 4.25. The van der Waals surface area contributed by atoms with Gasteiger partial charge in [0.05, 0.1) is 0 Å². The second kappa shape index (κ2) is 5.83. The van der Waals surface area contributed by atoms with E-state index in [1.165, 1.54) is 25.8 Å². The SMILES string of the molecule is CCNc1cc(N2CCN3CCCCC3C2)nc(N)n1. The Kier molecular flexibility index (Phi) is 3.91. The van der Waals surface area contributed by atoms with Crippen LogP contribution in [0.4, 0.5) is 17.6 Å². The fraction of sp³-hybridized carbons (Fsp3) is 0.714. The van der Waals surface area contributed by atoms with Crippen LogP contribution in [0.3, 0.4) is 0 Å². The van der Waals surface area contributed by atoms with E-state index < -0.39 is 0 Å². The number of nitrogens with zero attached hydrogens (tertiary/aromatic N) is 4. The number of nitrogens with two attached hydrogens (primary N) is 1. The Balaban J connectivity index is 1.75. The number of fused-ring (bicyclic) bond motifs is 1. The summed E-state index contributed by atoms with van der Waals surface area (Å²) in [5.41, 5.74) is 5.83. The van der Waals surface area contributed by atoms with Crippen LogP contribution in [-0.4, -0.2) is 53.6 Å². The van der Waals surface area contributed by atoms with Crippen LogP contribution in [0.15, 0.2) is 6.07 Å². The molecule has 0 spiro atoms. The Hall–Kier alpha value is -1.56. The van der Waals surface area contributed by atoms with Gasteiger partial charge in [0.2, 0.25) is 5.95 Å². The van der Waals surface area contributed by atoms with Gasteiger partial charge >= 0.3 is 0 Å². The first kappa shape index (κ1) is 13.4. The Labute approximate surface area is 120 Å². The monoisotopic (exact) mass is 276 g/mol. The second-order valence-electron chi connectivity index (χ2n) is 5.63. The summed E-state index contributed by atoms with van der Waals surface area (Å²) in [6.45, 7) is 7.36. The van der Waals surface area contributed by atoms with Gasteiger partial charge in [-0.05, 0) is 26.3 Å². The highest BCUT2D eigenvalue weighted by Crippen LogP contribution is 2.25. The normalized spacial score (nSPS) is 23.4. The average Bonchev–Trinajstić information content (AvgIpc) is 2.46. The molecule has 0 amide bonds. The van der Waals surface area contributed by atoms with Gasteiger partial charge in [0, 0.05) is 38.3 Å². The molecule has 2 fully saturated rings. The summed E-state index contributed by atoms with van der Waals surface area (Å²) >= 11 is 0. The highest BCUT2D eigenvalue weighted by Gasteiger charge is 2.29. The van der Waals surface area contributed by atoms with E-state index in [0.29, 0.717) is 12.0 Å². The molecule has 1 aromatic heterocycles. The minimum absolute atomic E-state index is 0.351. The zero-order valence-electron chi connectivity index (χ0n) is 12.2. The van der Waals surface area contributed by atoms with Crippen molar-refractivity contribution < 1.29 is 0 Å². The molecule has 2 saturated heterocycles. The maximum Gasteiger partial charge on any atom is 0.223 e. The van der Waals surface area contributed by atoms with E-state index in [0.717, 1.165) is 37.8 Å². The topological polar surface area (TPSA) is 70.3 Å². The van der Waals surface area contributed by atoms with Crippen molar-refractivity contribution in [2.24, 2.45) is 0 Å². The minimum Gasteiger partial charge on any atom is -0.370 e. The lowest BCUT2D eigenvalue weighted by atomic mass is 9.99. The number of hydrogen-bond acceptors (Lipinski definition) is 6. The van der Waals surface area contributed by atoms with Gasteiger partial charge in [0.15, 0.2) is 0 Å². The van der Waals surface area contributed by atoms with Crippen LogP contribution >= 0.6 is 0 Å². The van der Waals surface area contributed by atoms with Gasteiger partial charge in [0.1, 0.15) is 11.6 Å². The molecule has 20 heavy (non-hydrogen) atoms. The van der Waals surface area contributed by atoms with Gasteiger partial charge in [-0.2, -0.15) is 9.97 Å². The smallest absolute Gasteiger partial charge is 0.223 e. The zero-order valence-corrected chi connectivity index (χ0v) is 12.2.